The number of anilines is 2. The normalized spacial score (nSPS) is 18.2. The van der Waals surface area contributed by atoms with Gasteiger partial charge in [0.2, 0.25) is 0 Å². The lowest BCUT2D eigenvalue weighted by Crippen LogP contribution is -2.24. The molecule has 4 N–H and O–H groups in total. The molecule has 33 heavy (non-hydrogen) atoms. The van der Waals surface area contributed by atoms with E-state index >= 15 is 0 Å². The van der Waals surface area contributed by atoms with Gasteiger partial charge in [-0.3, -0.25) is 0 Å². The molecule has 0 aliphatic heterocycles. The fourth-order valence-electron chi connectivity index (χ4n) is 4.09. The van der Waals surface area contributed by atoms with Crippen molar-refractivity contribution in [3.05, 3.63) is 65.2 Å². The molecule has 0 heterocycles. The molecule has 0 bridgehead atoms. The fraction of sp³-hybridized carbons (Fsp3) is 0.407. The van der Waals surface area contributed by atoms with Crippen LogP contribution in [0.15, 0.2) is 48.5 Å². The van der Waals surface area contributed by atoms with Crippen LogP contribution in [0.5, 0.6) is 0 Å². The van der Waals surface area contributed by atoms with E-state index in [0.717, 1.165) is 37.2 Å². The minimum Gasteiger partial charge on any atom is -0.459 e. The molecule has 6 nitrogen and oxygen atoms in total. The molecule has 0 amide bonds. The van der Waals surface area contributed by atoms with Gasteiger partial charge in [-0.1, -0.05) is 38.3 Å². The number of carbonyl (C=O) groups excluding carboxylic acids is 2. The van der Waals surface area contributed by atoms with E-state index in [2.05, 4.69) is 6.92 Å². The summed E-state index contributed by atoms with van der Waals surface area (Å²) in [7, 11) is 0. The zero-order valence-corrected chi connectivity index (χ0v) is 19.3. The zero-order valence-electron chi connectivity index (χ0n) is 19.3. The number of nitrogen functional groups attached to an aromatic ring is 2. The van der Waals surface area contributed by atoms with E-state index in [4.69, 9.17) is 20.9 Å². The van der Waals surface area contributed by atoms with Crippen molar-refractivity contribution in [1.82, 2.24) is 0 Å². The second-order valence-electron chi connectivity index (χ2n) is 8.71. The molecule has 1 fully saturated rings. The van der Waals surface area contributed by atoms with E-state index in [-0.39, 0.29) is 18.7 Å². The highest BCUT2D eigenvalue weighted by molar-refractivity contribution is 5.90. The minimum atomic E-state index is -0.491. The summed E-state index contributed by atoms with van der Waals surface area (Å²) in [6.07, 6.45) is 11.0. The third-order valence-corrected chi connectivity index (χ3v) is 6.13. The van der Waals surface area contributed by atoms with Crippen LogP contribution in [-0.4, -0.2) is 18.0 Å². The summed E-state index contributed by atoms with van der Waals surface area (Å²) in [6.45, 7) is 2.27. The van der Waals surface area contributed by atoms with Gasteiger partial charge < -0.3 is 20.9 Å². The largest absolute Gasteiger partial charge is 0.459 e. The van der Waals surface area contributed by atoms with Crippen LogP contribution >= 0.6 is 0 Å². The Hall–Kier alpha value is -3.28. The van der Waals surface area contributed by atoms with E-state index < -0.39 is 5.97 Å². The Morgan fingerprint density at radius 3 is 2.45 bits per heavy atom. The molecule has 0 aromatic heterocycles. The van der Waals surface area contributed by atoms with Gasteiger partial charge >= 0.3 is 11.9 Å². The maximum absolute atomic E-state index is 12.5. The molecule has 2 aromatic rings. The lowest BCUT2D eigenvalue weighted by Gasteiger charge is -2.28. The number of rotatable bonds is 9. The first-order valence-corrected chi connectivity index (χ1v) is 11.7. The Labute approximate surface area is 195 Å². The molecular weight excluding hydrogens is 416 g/mol. The van der Waals surface area contributed by atoms with Crippen molar-refractivity contribution in [2.75, 3.05) is 11.5 Å². The summed E-state index contributed by atoms with van der Waals surface area (Å²) in [5.41, 5.74) is 14.6. The predicted octanol–water partition coefficient (Wildman–Crippen LogP) is 5.51. The first-order chi connectivity index (χ1) is 15.9. The van der Waals surface area contributed by atoms with Crippen molar-refractivity contribution in [2.45, 2.75) is 64.6 Å². The zero-order chi connectivity index (χ0) is 23.6. The molecule has 0 unspecified atom stereocenters. The maximum Gasteiger partial charge on any atom is 0.338 e. The molecule has 0 atom stereocenters. The van der Waals surface area contributed by atoms with Gasteiger partial charge in [0.15, 0.2) is 0 Å². The van der Waals surface area contributed by atoms with Crippen LogP contribution in [0, 0.1) is 5.92 Å². The van der Waals surface area contributed by atoms with Gasteiger partial charge in [0.1, 0.15) is 12.7 Å². The Balaban J connectivity index is 1.44. The second-order valence-corrected chi connectivity index (χ2v) is 8.71. The quantitative estimate of drug-likeness (QED) is 0.296. The molecule has 0 radical (unpaired) electrons. The van der Waals surface area contributed by atoms with Gasteiger partial charge in [0.05, 0.1) is 5.56 Å². The lowest BCUT2D eigenvalue weighted by molar-refractivity contribution is -0.138. The molecule has 176 valence electrons. The molecule has 2 aromatic carbocycles. The minimum absolute atomic E-state index is 0.0127. The highest BCUT2D eigenvalue weighted by atomic mass is 16.5. The highest BCUT2D eigenvalue weighted by Crippen LogP contribution is 2.30. The summed E-state index contributed by atoms with van der Waals surface area (Å²) in [6, 6.07) is 12.0. The number of hydrogen-bond donors (Lipinski definition) is 2. The first-order valence-electron chi connectivity index (χ1n) is 11.7. The summed E-state index contributed by atoms with van der Waals surface area (Å²) in [5.74, 6) is -0.00244. The topological polar surface area (TPSA) is 105 Å². The molecule has 0 spiro atoms. The van der Waals surface area contributed by atoms with E-state index in [1.54, 1.807) is 48.5 Å². The molecule has 1 aliphatic rings. The van der Waals surface area contributed by atoms with E-state index in [1.807, 2.05) is 0 Å². The SMILES string of the molecule is CCCCC1CCC(OC(=O)c2ccc(/C=C/C(=O)OCc3cc(N)ccc3N)cc2)CC1. The molecule has 3 rings (SSSR count). The van der Waals surface area contributed by atoms with Crippen molar-refractivity contribution in [3.8, 4) is 0 Å². The van der Waals surface area contributed by atoms with Crippen molar-refractivity contribution < 1.29 is 19.1 Å². The number of hydrogen-bond acceptors (Lipinski definition) is 6. The molecule has 6 heteroatoms. The van der Waals surface area contributed by atoms with Crippen molar-refractivity contribution >= 4 is 29.4 Å². The van der Waals surface area contributed by atoms with Crippen molar-refractivity contribution in [3.63, 3.8) is 0 Å². The van der Waals surface area contributed by atoms with Gasteiger partial charge in [-0.05, 0) is 73.6 Å². The second kappa shape index (κ2) is 12.1. The Kier molecular flexibility index (Phi) is 8.93. The number of ether oxygens (including phenoxy) is 2. The summed E-state index contributed by atoms with van der Waals surface area (Å²) in [5, 5.41) is 0. The van der Waals surface area contributed by atoms with Gasteiger partial charge in [-0.15, -0.1) is 0 Å². The Bertz CT molecular complexity index is 961. The van der Waals surface area contributed by atoms with Gasteiger partial charge in [-0.25, -0.2) is 9.59 Å². The van der Waals surface area contributed by atoms with Crippen molar-refractivity contribution in [1.29, 1.82) is 0 Å². The van der Waals surface area contributed by atoms with Crippen LogP contribution < -0.4 is 11.5 Å². The van der Waals surface area contributed by atoms with Crippen LogP contribution in [0.25, 0.3) is 6.08 Å². The van der Waals surface area contributed by atoms with Crippen LogP contribution in [0.1, 0.15) is 73.4 Å². The number of nitrogens with two attached hydrogens (primary N) is 2. The smallest absolute Gasteiger partial charge is 0.338 e. The van der Waals surface area contributed by atoms with Crippen LogP contribution in [-0.2, 0) is 20.9 Å². The monoisotopic (exact) mass is 450 g/mol. The number of esters is 2. The van der Waals surface area contributed by atoms with E-state index in [1.165, 1.54) is 25.3 Å². The number of unbranched alkanes of at least 4 members (excludes halogenated alkanes) is 1. The van der Waals surface area contributed by atoms with Crippen molar-refractivity contribution in [2.24, 2.45) is 5.92 Å². The van der Waals surface area contributed by atoms with E-state index in [9.17, 15) is 9.59 Å². The Morgan fingerprint density at radius 1 is 1.03 bits per heavy atom. The summed E-state index contributed by atoms with van der Waals surface area (Å²) < 4.78 is 10.9. The first kappa shape index (κ1) is 24.4. The average molecular weight is 451 g/mol. The van der Waals surface area contributed by atoms with Crippen LogP contribution in [0.3, 0.4) is 0 Å². The van der Waals surface area contributed by atoms with Gasteiger partial charge in [0.25, 0.3) is 0 Å². The third kappa shape index (κ3) is 7.67. The van der Waals surface area contributed by atoms with Gasteiger partial charge in [-0.2, -0.15) is 0 Å². The summed E-state index contributed by atoms with van der Waals surface area (Å²) in [4.78, 5) is 24.5. The molecule has 1 aliphatic carbocycles. The molecule has 1 saturated carbocycles. The standard InChI is InChI=1S/C27H34N2O4/c1-2-3-4-19-7-13-24(14-8-19)33-27(31)21-10-5-20(6-11-21)9-16-26(30)32-18-22-17-23(28)12-15-25(22)29/h5-6,9-12,15-17,19,24H,2-4,7-8,13-14,18,28-29H2,1H3/b16-9+. The highest BCUT2D eigenvalue weighted by Gasteiger charge is 2.24. The van der Waals surface area contributed by atoms with E-state index in [0.29, 0.717) is 22.5 Å². The summed E-state index contributed by atoms with van der Waals surface area (Å²) >= 11 is 0. The Morgan fingerprint density at radius 2 is 1.76 bits per heavy atom. The number of benzene rings is 2. The maximum atomic E-state index is 12.5. The fourth-order valence-corrected chi connectivity index (χ4v) is 4.09. The average Bonchev–Trinajstić information content (AvgIpc) is 2.83. The predicted molar refractivity (Wildman–Crippen MR) is 131 cm³/mol. The third-order valence-electron chi connectivity index (χ3n) is 6.13. The lowest BCUT2D eigenvalue weighted by atomic mass is 9.84. The van der Waals surface area contributed by atoms with Gasteiger partial charge in [0, 0.05) is 23.0 Å². The molecular formula is C27H34N2O4. The van der Waals surface area contributed by atoms with Crippen LogP contribution in [0.2, 0.25) is 0 Å². The number of carbonyl (C=O) groups is 2. The van der Waals surface area contributed by atoms with Crippen LogP contribution in [0.4, 0.5) is 11.4 Å². The molecule has 0 saturated heterocycles.